The molecule has 2 heterocycles. The van der Waals surface area contributed by atoms with Crippen molar-refractivity contribution < 1.29 is 22.7 Å². The summed E-state index contributed by atoms with van der Waals surface area (Å²) in [4.78, 5) is 3.35. The van der Waals surface area contributed by atoms with Crippen LogP contribution in [-0.2, 0) is 14.8 Å². The molecule has 19 heavy (non-hydrogen) atoms. The first-order chi connectivity index (χ1) is 8.93. The van der Waals surface area contributed by atoms with Gasteiger partial charge < -0.3 is 9.84 Å². The number of halogens is 1. The van der Waals surface area contributed by atoms with Gasteiger partial charge in [0.2, 0.25) is 10.0 Å². The molecule has 0 amide bonds. The van der Waals surface area contributed by atoms with Crippen LogP contribution in [0.3, 0.4) is 0 Å². The minimum Gasteiger partial charge on any atom is -0.394 e. The molecular formula is C11H15FN2O4S. The average Bonchev–Trinajstić information content (AvgIpc) is 2.38. The van der Waals surface area contributed by atoms with Crippen molar-refractivity contribution in [1.29, 1.82) is 0 Å². The molecule has 6 nitrogen and oxygen atoms in total. The first kappa shape index (κ1) is 14.3. The van der Waals surface area contributed by atoms with Gasteiger partial charge in [-0.15, -0.1) is 0 Å². The van der Waals surface area contributed by atoms with Crippen molar-refractivity contribution >= 4 is 10.0 Å². The SMILES string of the molecule is CC1CN(S(=O)(=O)c2cncc(F)c2)CC(CO)O1. The van der Waals surface area contributed by atoms with E-state index in [9.17, 15) is 12.8 Å². The van der Waals surface area contributed by atoms with Gasteiger partial charge in [0, 0.05) is 19.3 Å². The molecule has 0 spiro atoms. The van der Waals surface area contributed by atoms with Crippen LogP contribution in [0.2, 0.25) is 0 Å². The fourth-order valence-corrected chi connectivity index (χ4v) is 3.50. The van der Waals surface area contributed by atoms with Crippen LogP contribution in [0.25, 0.3) is 0 Å². The second-order valence-electron chi connectivity index (χ2n) is 4.41. The summed E-state index contributed by atoms with van der Waals surface area (Å²) in [5, 5.41) is 9.09. The highest BCUT2D eigenvalue weighted by Crippen LogP contribution is 2.20. The van der Waals surface area contributed by atoms with Crippen LogP contribution in [0, 0.1) is 5.82 Å². The van der Waals surface area contributed by atoms with Crippen molar-refractivity contribution in [2.45, 2.75) is 24.0 Å². The molecule has 2 unspecified atom stereocenters. The van der Waals surface area contributed by atoms with E-state index >= 15 is 0 Å². The molecule has 0 aromatic carbocycles. The molecule has 1 aromatic heterocycles. The number of hydrogen-bond donors (Lipinski definition) is 1. The van der Waals surface area contributed by atoms with Crippen LogP contribution in [0.1, 0.15) is 6.92 Å². The van der Waals surface area contributed by atoms with Crippen LogP contribution in [-0.4, -0.2) is 54.7 Å². The lowest BCUT2D eigenvalue weighted by Gasteiger charge is -2.35. The quantitative estimate of drug-likeness (QED) is 0.847. The fraction of sp³-hybridized carbons (Fsp3) is 0.545. The molecule has 8 heteroatoms. The molecule has 2 atom stereocenters. The highest BCUT2D eigenvalue weighted by atomic mass is 32.2. The van der Waals surface area contributed by atoms with Crippen molar-refractivity contribution in [3.05, 3.63) is 24.3 Å². The molecule has 1 N–H and O–H groups in total. The zero-order chi connectivity index (χ0) is 14.0. The maximum atomic E-state index is 13.1. The smallest absolute Gasteiger partial charge is 0.244 e. The maximum absolute atomic E-state index is 13.1. The van der Waals surface area contributed by atoms with Gasteiger partial charge in [0.1, 0.15) is 10.7 Å². The average molecular weight is 290 g/mol. The topological polar surface area (TPSA) is 79.7 Å². The summed E-state index contributed by atoms with van der Waals surface area (Å²) < 4.78 is 44.3. The normalized spacial score (nSPS) is 25.4. The maximum Gasteiger partial charge on any atom is 0.244 e. The Morgan fingerprint density at radius 3 is 2.89 bits per heavy atom. The predicted octanol–water partition coefficient (Wildman–Crippen LogP) is -0.00900. The van der Waals surface area contributed by atoms with Gasteiger partial charge in [-0.05, 0) is 13.0 Å². The number of pyridine rings is 1. The van der Waals surface area contributed by atoms with Crippen LogP contribution in [0.4, 0.5) is 4.39 Å². The number of morpholine rings is 1. The molecule has 0 bridgehead atoms. The molecule has 1 aliphatic heterocycles. The highest BCUT2D eigenvalue weighted by Gasteiger charge is 2.33. The third-order valence-corrected chi connectivity index (χ3v) is 4.61. The molecule has 2 rings (SSSR count). The zero-order valence-corrected chi connectivity index (χ0v) is 11.2. The summed E-state index contributed by atoms with van der Waals surface area (Å²) in [6.07, 6.45) is 1.14. The Balaban J connectivity index is 2.29. The van der Waals surface area contributed by atoms with E-state index in [2.05, 4.69) is 4.98 Å². The summed E-state index contributed by atoms with van der Waals surface area (Å²) in [5.41, 5.74) is 0. The minimum atomic E-state index is -3.82. The van der Waals surface area contributed by atoms with Gasteiger partial charge in [-0.2, -0.15) is 4.31 Å². The van der Waals surface area contributed by atoms with Crippen LogP contribution in [0.5, 0.6) is 0 Å². The van der Waals surface area contributed by atoms with E-state index in [1.807, 2.05) is 0 Å². The monoisotopic (exact) mass is 290 g/mol. The molecule has 1 saturated heterocycles. The van der Waals surface area contributed by atoms with Crippen LogP contribution < -0.4 is 0 Å². The van der Waals surface area contributed by atoms with Crippen molar-refractivity contribution in [3.63, 3.8) is 0 Å². The molecule has 0 aliphatic carbocycles. The lowest BCUT2D eigenvalue weighted by molar-refractivity contribution is -0.0750. The number of rotatable bonds is 3. The van der Waals surface area contributed by atoms with E-state index in [1.165, 1.54) is 4.31 Å². The van der Waals surface area contributed by atoms with Gasteiger partial charge >= 0.3 is 0 Å². The largest absolute Gasteiger partial charge is 0.394 e. The molecule has 0 saturated carbocycles. The molecule has 1 fully saturated rings. The second-order valence-corrected chi connectivity index (χ2v) is 6.35. The molecule has 1 aliphatic rings. The van der Waals surface area contributed by atoms with Gasteiger partial charge in [0.15, 0.2) is 0 Å². The molecule has 1 aromatic rings. The van der Waals surface area contributed by atoms with E-state index in [0.717, 1.165) is 18.5 Å². The Morgan fingerprint density at radius 1 is 1.53 bits per heavy atom. The van der Waals surface area contributed by atoms with Crippen molar-refractivity contribution in [2.75, 3.05) is 19.7 Å². The Bertz CT molecular complexity index is 551. The van der Waals surface area contributed by atoms with Gasteiger partial charge in [-0.25, -0.2) is 12.8 Å². The number of sulfonamides is 1. The number of nitrogens with zero attached hydrogens (tertiary/aromatic N) is 2. The third-order valence-electron chi connectivity index (χ3n) is 2.81. The summed E-state index contributed by atoms with van der Waals surface area (Å²) in [5.74, 6) is -0.707. The Morgan fingerprint density at radius 2 is 2.26 bits per heavy atom. The summed E-state index contributed by atoms with van der Waals surface area (Å²) >= 11 is 0. The zero-order valence-electron chi connectivity index (χ0n) is 10.4. The first-order valence-electron chi connectivity index (χ1n) is 5.80. The number of ether oxygens (including phenoxy) is 1. The van der Waals surface area contributed by atoms with Gasteiger partial charge in [0.05, 0.1) is 25.0 Å². The van der Waals surface area contributed by atoms with Crippen LogP contribution >= 0.6 is 0 Å². The highest BCUT2D eigenvalue weighted by molar-refractivity contribution is 7.89. The summed E-state index contributed by atoms with van der Waals surface area (Å²) in [6.45, 7) is 1.65. The number of aliphatic hydroxyl groups is 1. The Labute approximate surface area is 110 Å². The third kappa shape index (κ3) is 3.08. The summed E-state index contributed by atoms with van der Waals surface area (Å²) in [6, 6.07) is 0.927. The lowest BCUT2D eigenvalue weighted by atomic mass is 10.2. The molecule has 0 radical (unpaired) electrons. The van der Waals surface area contributed by atoms with E-state index in [1.54, 1.807) is 6.92 Å². The minimum absolute atomic E-state index is 0.0414. The number of hydrogen-bond acceptors (Lipinski definition) is 5. The molecule has 106 valence electrons. The van der Waals surface area contributed by atoms with E-state index in [-0.39, 0.29) is 30.7 Å². The van der Waals surface area contributed by atoms with Gasteiger partial charge in [-0.1, -0.05) is 0 Å². The van der Waals surface area contributed by atoms with Crippen molar-refractivity contribution in [2.24, 2.45) is 0 Å². The predicted molar refractivity (Wildman–Crippen MR) is 64.4 cm³/mol. The number of aromatic nitrogens is 1. The first-order valence-corrected chi connectivity index (χ1v) is 7.24. The van der Waals surface area contributed by atoms with E-state index in [4.69, 9.17) is 9.84 Å². The van der Waals surface area contributed by atoms with E-state index < -0.39 is 21.9 Å². The summed E-state index contributed by atoms with van der Waals surface area (Å²) in [7, 11) is -3.82. The van der Waals surface area contributed by atoms with Crippen molar-refractivity contribution in [1.82, 2.24) is 9.29 Å². The number of aliphatic hydroxyl groups excluding tert-OH is 1. The fourth-order valence-electron chi connectivity index (χ4n) is 1.98. The molecular weight excluding hydrogens is 275 g/mol. The van der Waals surface area contributed by atoms with Crippen molar-refractivity contribution in [3.8, 4) is 0 Å². The Kier molecular flexibility index (Phi) is 4.14. The van der Waals surface area contributed by atoms with E-state index in [0.29, 0.717) is 0 Å². The Hall–Kier alpha value is -1.09. The second kappa shape index (κ2) is 5.49. The van der Waals surface area contributed by atoms with Crippen LogP contribution in [0.15, 0.2) is 23.4 Å². The standard InChI is InChI=1S/C11H15FN2O4S/c1-8-5-14(6-10(7-15)18-8)19(16,17)11-2-9(12)3-13-4-11/h2-4,8,10,15H,5-7H2,1H3. The lowest BCUT2D eigenvalue weighted by Crippen LogP contribution is -2.50. The van der Waals surface area contributed by atoms with Gasteiger partial charge in [0.25, 0.3) is 0 Å². The van der Waals surface area contributed by atoms with Gasteiger partial charge in [-0.3, -0.25) is 4.98 Å².